The van der Waals surface area contributed by atoms with Crippen LogP contribution in [0.4, 0.5) is 0 Å². The van der Waals surface area contributed by atoms with E-state index in [2.05, 4.69) is 18.3 Å². The van der Waals surface area contributed by atoms with Gasteiger partial charge in [-0.05, 0) is 32.2 Å². The van der Waals surface area contributed by atoms with Crippen LogP contribution < -0.4 is 14.8 Å². The molecule has 1 aliphatic rings. The number of ether oxygens (including phenoxy) is 2. The van der Waals surface area contributed by atoms with E-state index in [0.717, 1.165) is 17.9 Å². The Kier molecular flexibility index (Phi) is 2.82. The zero-order valence-electron chi connectivity index (χ0n) is 9.41. The van der Waals surface area contributed by atoms with E-state index in [9.17, 15) is 0 Å². The molecule has 2 atom stereocenters. The summed E-state index contributed by atoms with van der Waals surface area (Å²) in [6, 6.07) is 6.34. The van der Waals surface area contributed by atoms with Crippen molar-refractivity contribution in [3.8, 4) is 11.5 Å². The predicted molar refractivity (Wildman–Crippen MR) is 59.6 cm³/mol. The molecule has 0 saturated carbocycles. The van der Waals surface area contributed by atoms with Gasteiger partial charge in [0, 0.05) is 18.0 Å². The van der Waals surface area contributed by atoms with E-state index in [0.29, 0.717) is 6.04 Å². The molecule has 0 radical (unpaired) electrons. The van der Waals surface area contributed by atoms with Gasteiger partial charge in [-0.2, -0.15) is 0 Å². The molecule has 3 nitrogen and oxygen atoms in total. The van der Waals surface area contributed by atoms with Crippen molar-refractivity contribution in [2.45, 2.75) is 25.5 Å². The summed E-state index contributed by atoms with van der Waals surface area (Å²) in [5.74, 6) is 1.89. The minimum atomic E-state index is 0.233. The molecule has 0 bridgehead atoms. The maximum absolute atomic E-state index is 5.84. The van der Waals surface area contributed by atoms with Crippen LogP contribution in [0.15, 0.2) is 18.2 Å². The molecule has 3 heteroatoms. The summed E-state index contributed by atoms with van der Waals surface area (Å²) in [6.07, 6.45) is 1.19. The van der Waals surface area contributed by atoms with E-state index in [1.54, 1.807) is 7.11 Å². The van der Waals surface area contributed by atoms with Crippen molar-refractivity contribution in [3.63, 3.8) is 0 Å². The van der Waals surface area contributed by atoms with Crippen LogP contribution in [-0.2, 0) is 6.42 Å². The van der Waals surface area contributed by atoms with Crippen LogP contribution >= 0.6 is 0 Å². The first-order valence-electron chi connectivity index (χ1n) is 5.25. The highest BCUT2D eigenvalue weighted by molar-refractivity contribution is 5.43. The first-order valence-corrected chi connectivity index (χ1v) is 5.25. The fourth-order valence-electron chi connectivity index (χ4n) is 1.84. The Morgan fingerprint density at radius 1 is 1.53 bits per heavy atom. The number of benzene rings is 1. The number of likely N-dealkylation sites (N-methyl/N-ethyl adjacent to an activating group) is 1. The molecule has 0 spiro atoms. The third-order valence-electron chi connectivity index (χ3n) is 2.98. The smallest absolute Gasteiger partial charge is 0.123 e. The van der Waals surface area contributed by atoms with Gasteiger partial charge in [0.15, 0.2) is 0 Å². The van der Waals surface area contributed by atoms with Crippen molar-refractivity contribution in [1.29, 1.82) is 0 Å². The Labute approximate surface area is 90.4 Å². The summed E-state index contributed by atoms with van der Waals surface area (Å²) in [5, 5.41) is 3.21. The van der Waals surface area contributed by atoms with Crippen molar-refractivity contribution >= 4 is 0 Å². The van der Waals surface area contributed by atoms with Gasteiger partial charge in [0.2, 0.25) is 0 Å². The summed E-state index contributed by atoms with van der Waals surface area (Å²) >= 11 is 0. The fraction of sp³-hybridized carbons (Fsp3) is 0.500. The van der Waals surface area contributed by atoms with E-state index in [-0.39, 0.29) is 6.10 Å². The Balaban J connectivity index is 2.16. The van der Waals surface area contributed by atoms with Crippen molar-refractivity contribution in [2.75, 3.05) is 14.2 Å². The van der Waals surface area contributed by atoms with Crippen molar-refractivity contribution in [3.05, 3.63) is 23.8 Å². The van der Waals surface area contributed by atoms with Gasteiger partial charge in [-0.25, -0.2) is 0 Å². The average Bonchev–Trinajstić information content (AvgIpc) is 2.70. The second-order valence-corrected chi connectivity index (χ2v) is 3.91. The molecule has 82 valence electrons. The molecule has 15 heavy (non-hydrogen) atoms. The maximum atomic E-state index is 5.84. The van der Waals surface area contributed by atoms with Crippen LogP contribution in [-0.4, -0.2) is 26.3 Å². The van der Waals surface area contributed by atoms with Crippen molar-refractivity contribution in [1.82, 2.24) is 5.32 Å². The summed E-state index contributed by atoms with van der Waals surface area (Å²) in [4.78, 5) is 0. The molecule has 1 heterocycles. The molecule has 1 N–H and O–H groups in total. The molecule has 0 aromatic heterocycles. The van der Waals surface area contributed by atoms with Crippen LogP contribution in [0, 0.1) is 0 Å². The highest BCUT2D eigenvalue weighted by Gasteiger charge is 2.27. The van der Waals surface area contributed by atoms with Gasteiger partial charge in [-0.3, -0.25) is 0 Å². The second kappa shape index (κ2) is 4.11. The topological polar surface area (TPSA) is 30.5 Å². The minimum absolute atomic E-state index is 0.233. The molecule has 0 saturated heterocycles. The molecular weight excluding hydrogens is 190 g/mol. The lowest BCUT2D eigenvalue weighted by molar-refractivity contribution is 0.191. The summed E-state index contributed by atoms with van der Waals surface area (Å²) in [5.41, 5.74) is 1.24. The molecule has 1 aromatic carbocycles. The third kappa shape index (κ3) is 1.92. The van der Waals surface area contributed by atoms with E-state index < -0.39 is 0 Å². The average molecular weight is 207 g/mol. The van der Waals surface area contributed by atoms with E-state index in [4.69, 9.17) is 9.47 Å². The number of hydrogen-bond donors (Lipinski definition) is 1. The number of rotatable bonds is 3. The lowest BCUT2D eigenvalue weighted by Gasteiger charge is -2.17. The SMILES string of the molecule is CNC(C)C1Cc2cc(OC)ccc2O1. The molecular formula is C12H17NO2. The van der Waals surface area contributed by atoms with Gasteiger partial charge in [-0.15, -0.1) is 0 Å². The fourth-order valence-corrected chi connectivity index (χ4v) is 1.84. The minimum Gasteiger partial charge on any atom is -0.497 e. The third-order valence-corrected chi connectivity index (χ3v) is 2.98. The largest absolute Gasteiger partial charge is 0.497 e. The van der Waals surface area contributed by atoms with Crippen molar-refractivity contribution < 1.29 is 9.47 Å². The molecule has 1 aliphatic heterocycles. The first kappa shape index (κ1) is 10.3. The van der Waals surface area contributed by atoms with Gasteiger partial charge in [0.05, 0.1) is 7.11 Å². The van der Waals surface area contributed by atoms with Gasteiger partial charge < -0.3 is 14.8 Å². The lowest BCUT2D eigenvalue weighted by Crippen LogP contribution is -2.37. The van der Waals surface area contributed by atoms with E-state index >= 15 is 0 Å². The van der Waals surface area contributed by atoms with Gasteiger partial charge in [0.1, 0.15) is 17.6 Å². The standard InChI is InChI=1S/C12H17NO2/c1-8(13-2)12-7-9-6-10(14-3)4-5-11(9)15-12/h4-6,8,12-13H,7H2,1-3H3. The Morgan fingerprint density at radius 3 is 3.00 bits per heavy atom. The summed E-state index contributed by atoms with van der Waals surface area (Å²) in [7, 11) is 3.64. The van der Waals surface area contributed by atoms with Crippen LogP contribution in [0.25, 0.3) is 0 Å². The van der Waals surface area contributed by atoms with Gasteiger partial charge in [0.25, 0.3) is 0 Å². The Bertz CT molecular complexity index is 351. The van der Waals surface area contributed by atoms with Crippen molar-refractivity contribution in [2.24, 2.45) is 0 Å². The molecule has 0 aliphatic carbocycles. The molecule has 1 aromatic rings. The molecule has 2 rings (SSSR count). The molecule has 0 amide bonds. The zero-order valence-corrected chi connectivity index (χ0v) is 9.41. The second-order valence-electron chi connectivity index (χ2n) is 3.91. The van der Waals surface area contributed by atoms with Crippen LogP contribution in [0.2, 0.25) is 0 Å². The van der Waals surface area contributed by atoms with Crippen LogP contribution in [0.3, 0.4) is 0 Å². The molecule has 0 fully saturated rings. The number of fused-ring (bicyclic) bond motifs is 1. The highest BCUT2D eigenvalue weighted by atomic mass is 16.5. The normalized spacial score (nSPS) is 20.6. The van der Waals surface area contributed by atoms with Crippen LogP contribution in [0.5, 0.6) is 11.5 Å². The highest BCUT2D eigenvalue weighted by Crippen LogP contribution is 2.32. The number of methoxy groups -OCH3 is 1. The summed E-state index contributed by atoms with van der Waals surface area (Å²) in [6.45, 7) is 2.13. The van der Waals surface area contributed by atoms with E-state index in [1.807, 2.05) is 19.2 Å². The monoisotopic (exact) mass is 207 g/mol. The summed E-state index contributed by atoms with van der Waals surface area (Å²) < 4.78 is 11.0. The first-order chi connectivity index (χ1) is 7.24. The zero-order chi connectivity index (χ0) is 10.8. The molecule has 2 unspecified atom stereocenters. The maximum Gasteiger partial charge on any atom is 0.123 e. The predicted octanol–water partition coefficient (Wildman–Crippen LogP) is 1.61. The van der Waals surface area contributed by atoms with Gasteiger partial charge >= 0.3 is 0 Å². The van der Waals surface area contributed by atoms with E-state index in [1.165, 1.54) is 5.56 Å². The number of nitrogens with one attached hydrogen (secondary N) is 1. The van der Waals surface area contributed by atoms with Gasteiger partial charge in [-0.1, -0.05) is 0 Å². The lowest BCUT2D eigenvalue weighted by atomic mass is 10.1. The quantitative estimate of drug-likeness (QED) is 0.816. The Morgan fingerprint density at radius 2 is 2.33 bits per heavy atom. The Hall–Kier alpha value is -1.22. The number of hydrogen-bond acceptors (Lipinski definition) is 3. The van der Waals surface area contributed by atoms with Crippen LogP contribution in [0.1, 0.15) is 12.5 Å².